The summed E-state index contributed by atoms with van der Waals surface area (Å²) in [6.07, 6.45) is 6.36. The van der Waals surface area contributed by atoms with Gasteiger partial charge in [0.25, 0.3) is 0 Å². The van der Waals surface area contributed by atoms with E-state index in [1.165, 1.54) is 5.56 Å². The molecule has 2 aliphatic rings. The van der Waals surface area contributed by atoms with E-state index < -0.39 is 0 Å². The summed E-state index contributed by atoms with van der Waals surface area (Å²) in [4.78, 5) is 38.2. The van der Waals surface area contributed by atoms with E-state index >= 15 is 0 Å². The van der Waals surface area contributed by atoms with Gasteiger partial charge in [0, 0.05) is 68.7 Å². The Kier molecular flexibility index (Phi) is 6.53. The Morgan fingerprint density at radius 3 is 2.68 bits per heavy atom. The molecule has 0 bridgehead atoms. The summed E-state index contributed by atoms with van der Waals surface area (Å²) < 4.78 is 5.44. The Morgan fingerprint density at radius 1 is 1.03 bits per heavy atom. The maximum atomic E-state index is 12.3. The van der Waals surface area contributed by atoms with Gasteiger partial charge in [-0.15, -0.1) is 0 Å². The van der Waals surface area contributed by atoms with Crippen LogP contribution in [0.2, 0.25) is 0 Å². The van der Waals surface area contributed by atoms with E-state index in [1.807, 2.05) is 36.2 Å². The molecule has 2 fully saturated rings. The van der Waals surface area contributed by atoms with Crippen LogP contribution in [-0.4, -0.2) is 73.4 Å². The number of rotatable bonds is 8. The molecule has 1 aliphatic carbocycles. The van der Waals surface area contributed by atoms with E-state index in [-0.39, 0.29) is 0 Å². The van der Waals surface area contributed by atoms with Crippen molar-refractivity contribution in [3.63, 3.8) is 0 Å². The minimum atomic E-state index is 0.305. The second-order valence-electron chi connectivity index (χ2n) is 9.78. The number of hydrogen-bond donors (Lipinski definition) is 1. The van der Waals surface area contributed by atoms with Crippen molar-refractivity contribution < 1.29 is 9.53 Å². The van der Waals surface area contributed by atoms with Crippen molar-refractivity contribution in [1.29, 1.82) is 0 Å². The second-order valence-corrected chi connectivity index (χ2v) is 9.78. The van der Waals surface area contributed by atoms with E-state index in [4.69, 9.17) is 9.72 Å². The van der Waals surface area contributed by atoms with Crippen LogP contribution in [0.25, 0.3) is 22.3 Å². The first-order valence-electron chi connectivity index (χ1n) is 13.0. The number of fused-ring (bicyclic) bond motifs is 1. The molecule has 4 heterocycles. The van der Waals surface area contributed by atoms with Crippen LogP contribution in [0.5, 0.6) is 6.01 Å². The molecule has 6 rings (SSSR count). The van der Waals surface area contributed by atoms with Gasteiger partial charge in [0.2, 0.25) is 5.91 Å². The molecule has 3 aromatic heterocycles. The third kappa shape index (κ3) is 5.46. The van der Waals surface area contributed by atoms with Crippen molar-refractivity contribution in [1.82, 2.24) is 34.7 Å². The zero-order chi connectivity index (χ0) is 25.2. The molecule has 1 saturated heterocycles. The number of amides is 1. The van der Waals surface area contributed by atoms with Crippen LogP contribution in [0.3, 0.4) is 0 Å². The summed E-state index contributed by atoms with van der Waals surface area (Å²) in [5.41, 5.74) is 5.87. The Hall–Kier alpha value is -3.85. The standard InChI is InChI=1S/C28H31N7O2/c1-2-37-28-30-10-8-23(33-28)21-5-6-24-25(16-21)32-26(31-24)17-22-15-19(7-9-29-22)18-34-11-13-35(14-12-34)27(36)20-3-4-20/h5-10,15-16,20H,2-4,11-14,17-18H2,1H3,(H,31,32). The SMILES string of the molecule is CCOc1nccc(-c2ccc3nc(Cc4cc(CN5CCN(C(=O)C6CC6)CC5)ccn4)[nH]c3c2)n1. The summed E-state index contributed by atoms with van der Waals surface area (Å²) in [6, 6.07) is 12.6. The molecule has 1 amide bonds. The summed E-state index contributed by atoms with van der Waals surface area (Å²) in [6.45, 7) is 6.80. The number of piperazine rings is 1. The molecule has 1 aliphatic heterocycles. The number of carbonyl (C=O) groups is 1. The predicted octanol–water partition coefficient (Wildman–Crippen LogP) is 3.46. The number of benzene rings is 1. The first-order chi connectivity index (χ1) is 18.1. The Balaban J connectivity index is 1.11. The fourth-order valence-corrected chi connectivity index (χ4v) is 4.87. The molecule has 1 saturated carbocycles. The number of nitrogens with zero attached hydrogens (tertiary/aromatic N) is 6. The van der Waals surface area contributed by atoms with Crippen molar-refractivity contribution >= 4 is 16.9 Å². The Bertz CT molecular complexity index is 1410. The lowest BCUT2D eigenvalue weighted by Gasteiger charge is -2.35. The topological polar surface area (TPSA) is 100 Å². The van der Waals surface area contributed by atoms with Crippen molar-refractivity contribution in [2.24, 2.45) is 5.92 Å². The van der Waals surface area contributed by atoms with Gasteiger partial charge in [-0.2, -0.15) is 4.98 Å². The number of H-pyrrole nitrogens is 1. The van der Waals surface area contributed by atoms with Gasteiger partial charge in [-0.25, -0.2) is 9.97 Å². The zero-order valence-corrected chi connectivity index (χ0v) is 21.1. The number of aromatic nitrogens is 5. The molecule has 0 spiro atoms. The number of hydrogen-bond acceptors (Lipinski definition) is 7. The molecule has 9 heteroatoms. The molecule has 9 nitrogen and oxygen atoms in total. The van der Waals surface area contributed by atoms with Gasteiger partial charge in [0.15, 0.2) is 0 Å². The van der Waals surface area contributed by atoms with Crippen LogP contribution >= 0.6 is 0 Å². The van der Waals surface area contributed by atoms with Crippen LogP contribution in [0.15, 0.2) is 48.8 Å². The third-order valence-electron chi connectivity index (χ3n) is 6.98. The average molecular weight is 498 g/mol. The molecule has 4 aromatic rings. The van der Waals surface area contributed by atoms with E-state index in [1.54, 1.807) is 6.20 Å². The highest BCUT2D eigenvalue weighted by Gasteiger charge is 2.34. The lowest BCUT2D eigenvalue weighted by molar-refractivity contribution is -0.134. The van der Waals surface area contributed by atoms with Crippen LogP contribution in [0.4, 0.5) is 0 Å². The zero-order valence-electron chi connectivity index (χ0n) is 21.1. The molecular weight excluding hydrogens is 466 g/mol. The number of carbonyl (C=O) groups excluding carboxylic acids is 1. The van der Waals surface area contributed by atoms with Crippen molar-refractivity contribution in [2.45, 2.75) is 32.7 Å². The summed E-state index contributed by atoms with van der Waals surface area (Å²) in [5, 5.41) is 0. The highest BCUT2D eigenvalue weighted by molar-refractivity contribution is 5.81. The summed E-state index contributed by atoms with van der Waals surface area (Å²) >= 11 is 0. The van der Waals surface area contributed by atoms with Gasteiger partial charge < -0.3 is 14.6 Å². The molecule has 190 valence electrons. The van der Waals surface area contributed by atoms with Crippen LogP contribution in [0, 0.1) is 5.92 Å². The molecule has 1 N–H and O–H groups in total. The Labute approximate surface area is 215 Å². The van der Waals surface area contributed by atoms with Gasteiger partial charge in [-0.3, -0.25) is 14.7 Å². The van der Waals surface area contributed by atoms with Crippen molar-refractivity contribution in [3.8, 4) is 17.3 Å². The molecular formula is C28H31N7O2. The van der Waals surface area contributed by atoms with E-state index in [0.29, 0.717) is 30.9 Å². The Morgan fingerprint density at radius 2 is 1.86 bits per heavy atom. The molecule has 0 radical (unpaired) electrons. The fraction of sp³-hybridized carbons (Fsp3) is 0.393. The number of aromatic amines is 1. The molecule has 1 aromatic carbocycles. The second kappa shape index (κ2) is 10.3. The highest BCUT2D eigenvalue weighted by Crippen LogP contribution is 2.31. The fourth-order valence-electron chi connectivity index (χ4n) is 4.87. The molecule has 0 unspecified atom stereocenters. The number of ether oxygens (including phenoxy) is 1. The first kappa shape index (κ1) is 23.5. The van der Waals surface area contributed by atoms with Gasteiger partial charge >= 0.3 is 6.01 Å². The van der Waals surface area contributed by atoms with Crippen LogP contribution in [-0.2, 0) is 17.8 Å². The summed E-state index contributed by atoms with van der Waals surface area (Å²) in [7, 11) is 0. The minimum absolute atomic E-state index is 0.305. The number of imidazole rings is 1. The van der Waals surface area contributed by atoms with Crippen molar-refractivity contribution in [3.05, 3.63) is 65.9 Å². The van der Waals surface area contributed by atoms with Crippen LogP contribution in [0.1, 0.15) is 36.8 Å². The van der Waals surface area contributed by atoms with E-state index in [9.17, 15) is 4.79 Å². The van der Waals surface area contributed by atoms with Gasteiger partial charge in [0.05, 0.1) is 23.3 Å². The quantitative estimate of drug-likeness (QED) is 0.398. The first-order valence-corrected chi connectivity index (χ1v) is 13.0. The maximum absolute atomic E-state index is 12.3. The lowest BCUT2D eigenvalue weighted by Crippen LogP contribution is -2.48. The largest absolute Gasteiger partial charge is 0.464 e. The van der Waals surface area contributed by atoms with E-state index in [2.05, 4.69) is 43.0 Å². The van der Waals surface area contributed by atoms with Gasteiger partial charge in [-0.1, -0.05) is 6.07 Å². The number of nitrogens with one attached hydrogen (secondary N) is 1. The highest BCUT2D eigenvalue weighted by atomic mass is 16.5. The third-order valence-corrected chi connectivity index (χ3v) is 6.98. The van der Waals surface area contributed by atoms with Crippen LogP contribution < -0.4 is 4.74 Å². The summed E-state index contributed by atoms with van der Waals surface area (Å²) in [5.74, 6) is 1.54. The molecule has 0 atom stereocenters. The normalized spacial score (nSPS) is 16.3. The predicted molar refractivity (Wildman–Crippen MR) is 140 cm³/mol. The lowest BCUT2D eigenvalue weighted by atomic mass is 10.1. The van der Waals surface area contributed by atoms with Gasteiger partial charge in [0.1, 0.15) is 5.82 Å². The number of pyridine rings is 1. The van der Waals surface area contributed by atoms with E-state index in [0.717, 1.165) is 79.4 Å². The maximum Gasteiger partial charge on any atom is 0.316 e. The smallest absolute Gasteiger partial charge is 0.316 e. The minimum Gasteiger partial charge on any atom is -0.464 e. The van der Waals surface area contributed by atoms with Crippen molar-refractivity contribution in [2.75, 3.05) is 32.8 Å². The molecule has 37 heavy (non-hydrogen) atoms. The van der Waals surface area contributed by atoms with Gasteiger partial charge in [-0.05, 0) is 55.7 Å². The monoisotopic (exact) mass is 497 g/mol. The average Bonchev–Trinajstić information content (AvgIpc) is 3.69.